The SMILES string of the molecule is N#Cc1cncc(N2CC3CC2CN3)c1. The Balaban J connectivity index is 1.90. The maximum Gasteiger partial charge on any atom is 0.101 e. The van der Waals surface area contributed by atoms with Crippen LogP contribution in [0, 0.1) is 11.3 Å². The summed E-state index contributed by atoms with van der Waals surface area (Å²) in [7, 11) is 0. The molecule has 3 heterocycles. The molecule has 15 heavy (non-hydrogen) atoms. The Hall–Kier alpha value is -1.60. The highest BCUT2D eigenvalue weighted by molar-refractivity contribution is 5.51. The van der Waals surface area contributed by atoms with Crippen LogP contribution in [0.5, 0.6) is 0 Å². The predicted molar refractivity (Wildman–Crippen MR) is 56.5 cm³/mol. The average Bonchev–Trinajstić information content (AvgIpc) is 2.91. The van der Waals surface area contributed by atoms with Gasteiger partial charge in [-0.1, -0.05) is 0 Å². The fraction of sp³-hybridized carbons (Fsp3) is 0.455. The first-order valence-corrected chi connectivity index (χ1v) is 5.22. The molecule has 4 nitrogen and oxygen atoms in total. The highest BCUT2D eigenvalue weighted by Crippen LogP contribution is 2.28. The summed E-state index contributed by atoms with van der Waals surface area (Å²) in [6.07, 6.45) is 4.67. The van der Waals surface area contributed by atoms with Gasteiger partial charge in [-0.2, -0.15) is 5.26 Å². The Kier molecular flexibility index (Phi) is 1.86. The number of aromatic nitrogens is 1. The highest BCUT2D eigenvalue weighted by atomic mass is 15.3. The Labute approximate surface area is 88.5 Å². The number of nitrogens with one attached hydrogen (secondary N) is 1. The topological polar surface area (TPSA) is 52.0 Å². The molecule has 2 atom stereocenters. The maximum atomic E-state index is 8.82. The van der Waals surface area contributed by atoms with Crippen molar-refractivity contribution < 1.29 is 0 Å². The lowest BCUT2D eigenvalue weighted by Gasteiger charge is -2.29. The van der Waals surface area contributed by atoms with Crippen LogP contribution in [0.4, 0.5) is 5.69 Å². The van der Waals surface area contributed by atoms with Gasteiger partial charge in [0.15, 0.2) is 0 Å². The Morgan fingerprint density at radius 2 is 2.47 bits per heavy atom. The third-order valence-electron chi connectivity index (χ3n) is 3.24. The van der Waals surface area contributed by atoms with Crippen molar-refractivity contribution in [3.8, 4) is 6.07 Å². The molecule has 2 unspecified atom stereocenters. The number of nitriles is 1. The Morgan fingerprint density at radius 3 is 3.13 bits per heavy atom. The minimum Gasteiger partial charge on any atom is -0.364 e. The van der Waals surface area contributed by atoms with Gasteiger partial charge in [-0.05, 0) is 12.5 Å². The van der Waals surface area contributed by atoms with E-state index in [0.29, 0.717) is 17.6 Å². The summed E-state index contributed by atoms with van der Waals surface area (Å²) in [6.45, 7) is 2.10. The van der Waals surface area contributed by atoms with Gasteiger partial charge >= 0.3 is 0 Å². The monoisotopic (exact) mass is 200 g/mol. The van der Waals surface area contributed by atoms with Crippen LogP contribution in [-0.4, -0.2) is 30.2 Å². The lowest BCUT2D eigenvalue weighted by atomic mass is 10.2. The van der Waals surface area contributed by atoms with E-state index in [1.54, 1.807) is 6.20 Å². The van der Waals surface area contributed by atoms with E-state index in [1.165, 1.54) is 6.42 Å². The van der Waals surface area contributed by atoms with Crippen LogP contribution in [-0.2, 0) is 0 Å². The molecule has 1 aromatic heterocycles. The minimum atomic E-state index is 0.589. The predicted octanol–water partition coefficient (Wildman–Crippen LogP) is 0.504. The van der Waals surface area contributed by atoms with Crippen LogP contribution in [0.1, 0.15) is 12.0 Å². The van der Waals surface area contributed by atoms with Gasteiger partial charge in [-0.25, -0.2) is 0 Å². The third kappa shape index (κ3) is 1.36. The molecule has 2 saturated heterocycles. The second kappa shape index (κ2) is 3.21. The van der Waals surface area contributed by atoms with E-state index in [4.69, 9.17) is 5.26 Å². The third-order valence-corrected chi connectivity index (χ3v) is 3.24. The first-order valence-electron chi connectivity index (χ1n) is 5.22. The molecule has 0 aliphatic carbocycles. The number of anilines is 1. The van der Waals surface area contributed by atoms with E-state index >= 15 is 0 Å². The molecular formula is C11H12N4. The maximum absolute atomic E-state index is 8.82. The van der Waals surface area contributed by atoms with Crippen molar-refractivity contribution in [2.75, 3.05) is 18.0 Å². The van der Waals surface area contributed by atoms with Crippen molar-refractivity contribution in [3.05, 3.63) is 24.0 Å². The van der Waals surface area contributed by atoms with Gasteiger partial charge in [0.1, 0.15) is 6.07 Å². The number of nitrogens with zero attached hydrogens (tertiary/aromatic N) is 3. The zero-order chi connectivity index (χ0) is 10.3. The molecule has 0 saturated carbocycles. The fourth-order valence-electron chi connectivity index (χ4n) is 2.52. The largest absolute Gasteiger partial charge is 0.364 e. The smallest absolute Gasteiger partial charge is 0.101 e. The number of hydrogen-bond donors (Lipinski definition) is 1. The van der Waals surface area contributed by atoms with Gasteiger partial charge in [0, 0.05) is 31.4 Å². The molecule has 0 amide bonds. The van der Waals surface area contributed by atoms with Gasteiger partial charge in [0.05, 0.1) is 17.4 Å². The second-order valence-corrected chi connectivity index (χ2v) is 4.19. The molecular weight excluding hydrogens is 188 g/mol. The minimum absolute atomic E-state index is 0.589. The molecule has 2 bridgehead atoms. The molecule has 2 aliphatic rings. The van der Waals surface area contributed by atoms with Crippen molar-refractivity contribution in [1.82, 2.24) is 10.3 Å². The van der Waals surface area contributed by atoms with Crippen LogP contribution in [0.3, 0.4) is 0 Å². The number of fused-ring (bicyclic) bond motifs is 2. The van der Waals surface area contributed by atoms with E-state index in [-0.39, 0.29) is 0 Å². The number of pyridine rings is 1. The van der Waals surface area contributed by atoms with E-state index in [0.717, 1.165) is 18.8 Å². The zero-order valence-corrected chi connectivity index (χ0v) is 8.35. The first-order chi connectivity index (χ1) is 7.36. The zero-order valence-electron chi connectivity index (χ0n) is 8.35. The fourth-order valence-corrected chi connectivity index (χ4v) is 2.52. The Morgan fingerprint density at radius 1 is 1.53 bits per heavy atom. The van der Waals surface area contributed by atoms with Crippen LogP contribution < -0.4 is 10.2 Å². The van der Waals surface area contributed by atoms with Crippen LogP contribution in [0.15, 0.2) is 18.5 Å². The lowest BCUT2D eigenvalue weighted by Crippen LogP contribution is -2.43. The van der Waals surface area contributed by atoms with Gasteiger partial charge < -0.3 is 10.2 Å². The van der Waals surface area contributed by atoms with Gasteiger partial charge in [-0.3, -0.25) is 4.98 Å². The van der Waals surface area contributed by atoms with Crippen molar-refractivity contribution >= 4 is 5.69 Å². The van der Waals surface area contributed by atoms with E-state index in [9.17, 15) is 0 Å². The summed E-state index contributed by atoms with van der Waals surface area (Å²) >= 11 is 0. The summed E-state index contributed by atoms with van der Waals surface area (Å²) < 4.78 is 0. The van der Waals surface area contributed by atoms with Gasteiger partial charge in [-0.15, -0.1) is 0 Å². The number of rotatable bonds is 1. The van der Waals surface area contributed by atoms with Crippen LogP contribution in [0.25, 0.3) is 0 Å². The molecule has 1 aromatic rings. The Bertz CT molecular complexity index is 423. The molecule has 0 spiro atoms. The van der Waals surface area contributed by atoms with E-state index in [1.807, 2.05) is 12.3 Å². The van der Waals surface area contributed by atoms with Gasteiger partial charge in [0.25, 0.3) is 0 Å². The quantitative estimate of drug-likeness (QED) is 0.717. The number of piperazine rings is 1. The standard InChI is InChI=1S/C11H12N4/c12-3-8-1-10(5-13-4-8)15-7-9-2-11(15)6-14-9/h1,4-5,9,11,14H,2,6-7H2. The molecule has 1 N–H and O–H groups in total. The average molecular weight is 200 g/mol. The van der Waals surface area contributed by atoms with Crippen molar-refractivity contribution in [3.63, 3.8) is 0 Å². The normalized spacial score (nSPS) is 28.1. The number of hydrogen-bond acceptors (Lipinski definition) is 4. The van der Waals surface area contributed by atoms with Crippen molar-refractivity contribution in [2.45, 2.75) is 18.5 Å². The molecule has 0 aromatic carbocycles. The molecule has 2 aliphatic heterocycles. The molecule has 3 rings (SSSR count). The van der Waals surface area contributed by atoms with Crippen LogP contribution >= 0.6 is 0 Å². The van der Waals surface area contributed by atoms with Crippen molar-refractivity contribution in [2.24, 2.45) is 0 Å². The summed E-state index contributed by atoms with van der Waals surface area (Å²) in [4.78, 5) is 6.46. The summed E-state index contributed by atoms with van der Waals surface area (Å²) in [5.74, 6) is 0. The summed E-state index contributed by atoms with van der Waals surface area (Å²) in [6, 6.07) is 5.27. The van der Waals surface area contributed by atoms with Gasteiger partial charge in [0.2, 0.25) is 0 Å². The molecule has 2 fully saturated rings. The van der Waals surface area contributed by atoms with E-state index in [2.05, 4.69) is 21.3 Å². The molecule has 76 valence electrons. The first kappa shape index (κ1) is 8.69. The lowest BCUT2D eigenvalue weighted by molar-refractivity contribution is 0.579. The highest BCUT2D eigenvalue weighted by Gasteiger charge is 2.37. The summed E-state index contributed by atoms with van der Waals surface area (Å²) in [5.41, 5.74) is 1.73. The van der Waals surface area contributed by atoms with E-state index < -0.39 is 0 Å². The second-order valence-electron chi connectivity index (χ2n) is 4.19. The molecule has 0 radical (unpaired) electrons. The van der Waals surface area contributed by atoms with Crippen molar-refractivity contribution in [1.29, 1.82) is 5.26 Å². The summed E-state index contributed by atoms with van der Waals surface area (Å²) in [5, 5.41) is 12.3. The van der Waals surface area contributed by atoms with Crippen LogP contribution in [0.2, 0.25) is 0 Å². The molecule has 4 heteroatoms.